The van der Waals surface area contributed by atoms with Crippen LogP contribution in [0.5, 0.6) is 5.88 Å². The highest BCUT2D eigenvalue weighted by Crippen LogP contribution is 2.11. The standard InChI is InChI=1S/C11H16N2O3/c1-11(2,12)7-16-9-6-8(4-5-13-9)10(14)15-3/h4-6H,7,12H2,1-3H3. The van der Waals surface area contributed by atoms with Crippen molar-refractivity contribution < 1.29 is 14.3 Å². The van der Waals surface area contributed by atoms with Crippen molar-refractivity contribution in [3.05, 3.63) is 23.9 Å². The normalized spacial score (nSPS) is 11.0. The lowest BCUT2D eigenvalue weighted by Gasteiger charge is -2.18. The number of rotatable bonds is 4. The van der Waals surface area contributed by atoms with Crippen molar-refractivity contribution in [2.45, 2.75) is 19.4 Å². The predicted octanol–water partition coefficient (Wildman–Crippen LogP) is 0.984. The largest absolute Gasteiger partial charge is 0.476 e. The summed E-state index contributed by atoms with van der Waals surface area (Å²) in [6.07, 6.45) is 1.49. The minimum absolute atomic E-state index is 0.324. The molecule has 5 nitrogen and oxygen atoms in total. The Kier molecular flexibility index (Phi) is 3.84. The summed E-state index contributed by atoms with van der Waals surface area (Å²) in [4.78, 5) is 15.2. The van der Waals surface area contributed by atoms with Crippen LogP contribution in [0.2, 0.25) is 0 Å². The molecule has 88 valence electrons. The summed E-state index contributed by atoms with van der Waals surface area (Å²) in [6.45, 7) is 4.01. The Morgan fingerprint density at radius 3 is 2.81 bits per heavy atom. The van der Waals surface area contributed by atoms with E-state index in [4.69, 9.17) is 10.5 Å². The first-order valence-electron chi connectivity index (χ1n) is 4.88. The zero-order valence-corrected chi connectivity index (χ0v) is 9.69. The molecule has 0 bridgehead atoms. The number of nitrogens with zero attached hydrogens (tertiary/aromatic N) is 1. The molecule has 0 aromatic carbocycles. The Labute approximate surface area is 94.6 Å². The second kappa shape index (κ2) is 4.94. The summed E-state index contributed by atoms with van der Waals surface area (Å²) in [6, 6.07) is 3.09. The highest BCUT2D eigenvalue weighted by atomic mass is 16.5. The highest BCUT2D eigenvalue weighted by molar-refractivity contribution is 5.89. The first-order valence-corrected chi connectivity index (χ1v) is 4.88. The number of aromatic nitrogens is 1. The molecule has 0 amide bonds. The van der Waals surface area contributed by atoms with Gasteiger partial charge in [-0.15, -0.1) is 0 Å². The van der Waals surface area contributed by atoms with Crippen molar-refractivity contribution in [1.29, 1.82) is 0 Å². The molecule has 5 heteroatoms. The molecule has 0 saturated heterocycles. The van der Waals surface area contributed by atoms with E-state index in [1.165, 1.54) is 19.4 Å². The van der Waals surface area contributed by atoms with Crippen molar-refractivity contribution in [3.8, 4) is 5.88 Å². The highest BCUT2D eigenvalue weighted by Gasteiger charge is 2.13. The van der Waals surface area contributed by atoms with Crippen LogP contribution in [0.4, 0.5) is 0 Å². The van der Waals surface area contributed by atoms with Gasteiger partial charge in [-0.1, -0.05) is 0 Å². The SMILES string of the molecule is COC(=O)c1ccnc(OCC(C)(C)N)c1. The smallest absolute Gasteiger partial charge is 0.338 e. The summed E-state index contributed by atoms with van der Waals surface area (Å²) in [7, 11) is 1.33. The van der Waals surface area contributed by atoms with Crippen molar-refractivity contribution in [2.75, 3.05) is 13.7 Å². The Morgan fingerprint density at radius 2 is 2.25 bits per heavy atom. The Morgan fingerprint density at radius 1 is 1.56 bits per heavy atom. The molecule has 1 heterocycles. The van der Waals surface area contributed by atoms with Gasteiger partial charge in [0.05, 0.1) is 12.7 Å². The van der Waals surface area contributed by atoms with E-state index in [1.807, 2.05) is 13.8 Å². The van der Waals surface area contributed by atoms with Gasteiger partial charge in [0, 0.05) is 17.8 Å². The fourth-order valence-corrected chi connectivity index (χ4v) is 0.993. The van der Waals surface area contributed by atoms with E-state index in [2.05, 4.69) is 9.72 Å². The van der Waals surface area contributed by atoms with E-state index in [-0.39, 0.29) is 0 Å². The third kappa shape index (κ3) is 3.86. The van der Waals surface area contributed by atoms with Crippen molar-refractivity contribution in [2.24, 2.45) is 5.73 Å². The van der Waals surface area contributed by atoms with Gasteiger partial charge < -0.3 is 15.2 Å². The van der Waals surface area contributed by atoms with Crippen LogP contribution in [0.1, 0.15) is 24.2 Å². The summed E-state index contributed by atoms with van der Waals surface area (Å²) in [5.41, 5.74) is 5.73. The maximum absolute atomic E-state index is 11.2. The Hall–Kier alpha value is -1.62. The Balaban J connectivity index is 2.71. The molecule has 0 spiro atoms. The van der Waals surface area contributed by atoms with Gasteiger partial charge in [0.15, 0.2) is 0 Å². The van der Waals surface area contributed by atoms with E-state index < -0.39 is 11.5 Å². The number of methoxy groups -OCH3 is 1. The molecule has 1 rings (SSSR count). The van der Waals surface area contributed by atoms with Crippen molar-refractivity contribution in [1.82, 2.24) is 4.98 Å². The zero-order chi connectivity index (χ0) is 12.2. The molecule has 2 N–H and O–H groups in total. The molecule has 1 aromatic rings. The topological polar surface area (TPSA) is 74.4 Å². The van der Waals surface area contributed by atoms with Crippen LogP contribution < -0.4 is 10.5 Å². The number of ether oxygens (including phenoxy) is 2. The molecule has 0 fully saturated rings. The third-order valence-electron chi connectivity index (χ3n) is 1.75. The van der Waals surface area contributed by atoms with Crippen LogP contribution in [0.15, 0.2) is 18.3 Å². The van der Waals surface area contributed by atoms with Crippen LogP contribution in [-0.2, 0) is 4.74 Å². The Bertz CT molecular complexity index is 372. The molecular formula is C11H16N2O3. The molecule has 16 heavy (non-hydrogen) atoms. The molecule has 0 aliphatic carbocycles. The zero-order valence-electron chi connectivity index (χ0n) is 9.69. The van der Waals surface area contributed by atoms with E-state index in [9.17, 15) is 4.79 Å². The van der Waals surface area contributed by atoms with Crippen molar-refractivity contribution in [3.63, 3.8) is 0 Å². The minimum atomic E-state index is -0.442. The lowest BCUT2D eigenvalue weighted by Crippen LogP contribution is -2.38. The number of esters is 1. The number of hydrogen-bond acceptors (Lipinski definition) is 5. The van der Waals surface area contributed by atoms with Gasteiger partial charge in [-0.05, 0) is 19.9 Å². The first kappa shape index (κ1) is 12.4. The van der Waals surface area contributed by atoms with Gasteiger partial charge in [0.1, 0.15) is 6.61 Å². The van der Waals surface area contributed by atoms with Crippen LogP contribution in [0, 0.1) is 0 Å². The minimum Gasteiger partial charge on any atom is -0.476 e. The molecular weight excluding hydrogens is 208 g/mol. The van der Waals surface area contributed by atoms with Crippen LogP contribution in [0.25, 0.3) is 0 Å². The number of carbonyl (C=O) groups is 1. The fourth-order valence-electron chi connectivity index (χ4n) is 0.993. The van der Waals surface area contributed by atoms with Crippen molar-refractivity contribution >= 4 is 5.97 Å². The second-order valence-electron chi connectivity index (χ2n) is 4.15. The lowest BCUT2D eigenvalue weighted by atomic mass is 10.1. The molecule has 0 radical (unpaired) electrons. The summed E-state index contributed by atoms with van der Waals surface area (Å²) < 4.78 is 9.95. The van der Waals surface area contributed by atoms with E-state index in [0.717, 1.165) is 0 Å². The molecule has 0 atom stereocenters. The molecule has 0 saturated carbocycles. The van der Waals surface area contributed by atoms with E-state index in [1.54, 1.807) is 6.07 Å². The maximum Gasteiger partial charge on any atom is 0.338 e. The van der Waals surface area contributed by atoms with Gasteiger partial charge in [-0.2, -0.15) is 0 Å². The van der Waals surface area contributed by atoms with Crippen LogP contribution in [-0.4, -0.2) is 30.2 Å². The maximum atomic E-state index is 11.2. The van der Waals surface area contributed by atoms with Gasteiger partial charge >= 0.3 is 5.97 Å². The number of carbonyl (C=O) groups excluding carboxylic acids is 1. The average molecular weight is 224 g/mol. The van der Waals surface area contributed by atoms with Crippen LogP contribution >= 0.6 is 0 Å². The molecule has 0 aliphatic rings. The fraction of sp³-hybridized carbons (Fsp3) is 0.455. The van der Waals surface area contributed by atoms with Crippen LogP contribution in [0.3, 0.4) is 0 Å². The number of nitrogens with two attached hydrogens (primary N) is 1. The first-order chi connectivity index (χ1) is 7.42. The monoisotopic (exact) mass is 224 g/mol. The summed E-state index contributed by atoms with van der Waals surface area (Å²) in [5.74, 6) is -0.0549. The number of hydrogen-bond donors (Lipinski definition) is 1. The van der Waals surface area contributed by atoms with Gasteiger partial charge in [-0.3, -0.25) is 0 Å². The number of pyridine rings is 1. The quantitative estimate of drug-likeness (QED) is 0.772. The third-order valence-corrected chi connectivity index (χ3v) is 1.75. The predicted molar refractivity (Wildman–Crippen MR) is 59.3 cm³/mol. The molecule has 0 unspecified atom stereocenters. The molecule has 0 aliphatic heterocycles. The van der Waals surface area contributed by atoms with E-state index in [0.29, 0.717) is 18.1 Å². The lowest BCUT2D eigenvalue weighted by molar-refractivity contribution is 0.0600. The van der Waals surface area contributed by atoms with Gasteiger partial charge in [-0.25, -0.2) is 9.78 Å². The summed E-state index contributed by atoms with van der Waals surface area (Å²) in [5, 5.41) is 0. The average Bonchev–Trinajstić information content (AvgIpc) is 2.25. The second-order valence-corrected chi connectivity index (χ2v) is 4.15. The van der Waals surface area contributed by atoms with Gasteiger partial charge in [0.25, 0.3) is 0 Å². The van der Waals surface area contributed by atoms with E-state index >= 15 is 0 Å². The molecule has 1 aromatic heterocycles. The van der Waals surface area contributed by atoms with Gasteiger partial charge in [0.2, 0.25) is 5.88 Å². The summed E-state index contributed by atoms with van der Waals surface area (Å²) >= 11 is 0.